The second-order valence-electron chi connectivity index (χ2n) is 22.1. The molecule has 6 rings (SSSR count). The summed E-state index contributed by atoms with van der Waals surface area (Å²) in [5.74, 6) is 18.6. The molecule has 0 radical (unpaired) electrons. The average Bonchev–Trinajstić information content (AvgIpc) is 4.11. The van der Waals surface area contributed by atoms with E-state index in [4.69, 9.17) is 9.97 Å². The third-order valence-corrected chi connectivity index (χ3v) is 34.5. The predicted octanol–water partition coefficient (Wildman–Crippen LogP) is 16.8. The number of rotatable bonds is 9. The van der Waals surface area contributed by atoms with E-state index in [9.17, 15) is 0 Å². The second kappa shape index (κ2) is 21.1. The SMILES string of the molecule is CC(C)[Si](C#Cc1c2nc(c(C#C[Si](C(C)C)(C(C)C)C(C)C)c3ccc([nH]3)c(C#Cc3ccccc3)c3ccc([nH]3)c(C#C[Si](C(C)C)(C(C)C)C(C)C)c3nc1C=C3)C=C2)(C(C)C)C(C)C. The van der Waals surface area contributed by atoms with E-state index >= 15 is 0 Å². The third kappa shape index (κ3) is 9.92. The van der Waals surface area contributed by atoms with Gasteiger partial charge in [0.15, 0.2) is 0 Å². The molecule has 0 unspecified atom stereocenters. The zero-order chi connectivity index (χ0) is 49.9. The van der Waals surface area contributed by atoms with Crippen LogP contribution in [0.4, 0.5) is 0 Å². The van der Waals surface area contributed by atoms with Gasteiger partial charge in [0.1, 0.15) is 24.2 Å². The molecule has 0 spiro atoms. The summed E-state index contributed by atoms with van der Waals surface area (Å²) in [5, 5.41) is 0. The van der Waals surface area contributed by atoms with Crippen molar-refractivity contribution in [3.8, 4) is 46.2 Å². The van der Waals surface area contributed by atoms with Gasteiger partial charge in [-0.25, -0.2) is 9.97 Å². The van der Waals surface area contributed by atoms with Gasteiger partial charge in [-0.1, -0.05) is 172 Å². The molecule has 2 aliphatic heterocycles. The molecular formula is C61H78N4Si3. The number of hydrogen-bond acceptors (Lipinski definition) is 2. The van der Waals surface area contributed by atoms with Gasteiger partial charge in [0, 0.05) is 5.56 Å². The molecule has 8 bridgehead atoms. The molecule has 5 heterocycles. The van der Waals surface area contributed by atoms with Gasteiger partial charge in [0.2, 0.25) is 0 Å². The van der Waals surface area contributed by atoms with Crippen molar-refractivity contribution in [3.63, 3.8) is 0 Å². The van der Waals surface area contributed by atoms with Crippen molar-refractivity contribution in [3.05, 3.63) is 105 Å². The van der Waals surface area contributed by atoms with Crippen LogP contribution in [0.5, 0.6) is 0 Å². The molecule has 354 valence electrons. The normalized spacial score (nSPS) is 12.9. The first-order valence-electron chi connectivity index (χ1n) is 25.4. The molecular weight excluding hydrogens is 873 g/mol. The molecule has 4 aromatic rings. The van der Waals surface area contributed by atoms with Crippen LogP contribution in [-0.2, 0) is 0 Å². The summed E-state index contributed by atoms with van der Waals surface area (Å²) in [6.45, 7) is 42.7. The van der Waals surface area contributed by atoms with Crippen LogP contribution in [0, 0.1) is 46.2 Å². The van der Waals surface area contributed by atoms with E-state index < -0.39 is 24.2 Å². The molecule has 68 heavy (non-hydrogen) atoms. The Bertz CT molecular complexity index is 2780. The van der Waals surface area contributed by atoms with E-state index in [1.54, 1.807) is 0 Å². The van der Waals surface area contributed by atoms with Crippen LogP contribution >= 0.6 is 0 Å². The van der Waals surface area contributed by atoms with Gasteiger partial charge in [0.05, 0.1) is 67.1 Å². The molecule has 2 aliphatic rings. The van der Waals surface area contributed by atoms with Gasteiger partial charge in [-0.3, -0.25) is 0 Å². The smallest absolute Gasteiger partial charge is 0.146 e. The highest BCUT2D eigenvalue weighted by Gasteiger charge is 2.44. The summed E-state index contributed by atoms with van der Waals surface area (Å²) in [6, 6.07) is 18.8. The molecule has 7 heteroatoms. The van der Waals surface area contributed by atoms with Gasteiger partial charge < -0.3 is 9.97 Å². The van der Waals surface area contributed by atoms with Gasteiger partial charge in [-0.05, 0) is 111 Å². The Morgan fingerprint density at radius 1 is 0.324 bits per heavy atom. The maximum Gasteiger partial charge on any atom is 0.146 e. The number of benzene rings is 1. The maximum absolute atomic E-state index is 5.51. The van der Waals surface area contributed by atoms with Gasteiger partial charge in [0.25, 0.3) is 0 Å². The third-order valence-electron chi connectivity index (χ3n) is 15.7. The van der Waals surface area contributed by atoms with Crippen LogP contribution in [0.2, 0.25) is 49.9 Å². The van der Waals surface area contributed by atoms with Crippen LogP contribution in [-0.4, -0.2) is 44.2 Å². The lowest BCUT2D eigenvalue weighted by Crippen LogP contribution is -2.43. The van der Waals surface area contributed by atoms with Crippen LogP contribution < -0.4 is 0 Å². The van der Waals surface area contributed by atoms with Crippen LogP contribution in [0.3, 0.4) is 0 Å². The molecule has 0 atom stereocenters. The summed E-state index contributed by atoms with van der Waals surface area (Å²) in [7, 11) is -6.42. The zero-order valence-corrected chi connectivity index (χ0v) is 47.6. The fourth-order valence-electron chi connectivity index (χ4n) is 12.2. The Morgan fingerprint density at radius 2 is 0.603 bits per heavy atom. The first-order valence-corrected chi connectivity index (χ1v) is 32.1. The fraction of sp³-hybridized carbons (Fsp3) is 0.443. The Hall–Kier alpha value is -5.29. The van der Waals surface area contributed by atoms with Crippen LogP contribution in [0.25, 0.3) is 46.4 Å². The second-order valence-corrected chi connectivity index (χ2v) is 38.8. The number of fused-ring (bicyclic) bond motifs is 8. The largest absolute Gasteiger partial charge is 0.353 e. The Kier molecular flexibility index (Phi) is 16.2. The summed E-state index contributed by atoms with van der Waals surface area (Å²) in [5.41, 5.74) is 27.8. The van der Waals surface area contributed by atoms with Crippen molar-refractivity contribution in [2.45, 2.75) is 174 Å². The number of H-pyrrole nitrogens is 2. The molecule has 0 amide bonds. The quantitative estimate of drug-likeness (QED) is 0.112. The summed E-state index contributed by atoms with van der Waals surface area (Å²) < 4.78 is 0. The first-order chi connectivity index (χ1) is 32.1. The molecule has 0 fully saturated rings. The number of aromatic amines is 2. The van der Waals surface area contributed by atoms with Crippen molar-refractivity contribution in [1.29, 1.82) is 0 Å². The van der Waals surface area contributed by atoms with E-state index in [2.05, 4.69) is 242 Å². The van der Waals surface area contributed by atoms with E-state index in [1.807, 2.05) is 18.2 Å². The lowest BCUT2D eigenvalue weighted by atomic mass is 10.1. The minimum absolute atomic E-state index is 0.474. The minimum Gasteiger partial charge on any atom is -0.353 e. The summed E-state index contributed by atoms with van der Waals surface area (Å²) >= 11 is 0. The van der Waals surface area contributed by atoms with Crippen LogP contribution in [0.1, 0.15) is 175 Å². The van der Waals surface area contributed by atoms with Crippen LogP contribution in [0.15, 0.2) is 54.6 Å². The number of nitrogens with one attached hydrogen (secondary N) is 2. The van der Waals surface area contributed by atoms with E-state index in [0.29, 0.717) is 49.9 Å². The van der Waals surface area contributed by atoms with Crippen molar-refractivity contribution in [2.24, 2.45) is 0 Å². The topological polar surface area (TPSA) is 57.4 Å². The monoisotopic (exact) mass is 951 g/mol. The highest BCUT2D eigenvalue weighted by atomic mass is 28.3. The Balaban J connectivity index is 1.87. The molecule has 1 aromatic carbocycles. The molecule has 3 aromatic heterocycles. The lowest BCUT2D eigenvalue weighted by molar-refractivity contribution is 0.838. The molecule has 2 N–H and O–H groups in total. The minimum atomic E-state index is -2.15. The summed E-state index contributed by atoms with van der Waals surface area (Å²) in [6.07, 6.45) is 8.55. The van der Waals surface area contributed by atoms with E-state index in [0.717, 1.165) is 72.7 Å². The first kappa shape index (κ1) is 52.1. The standard InChI is InChI=1S/C61H78N4Si3/c1-40(2)66(41(3)4,42(5)6)37-34-51-56-28-26-54(62-56)50(25-24-49-22-20-19-21-23-49)55-27-29-57(63-55)52(35-38-67(43(7)8,44(9)10)45(11)12)59-31-33-61(65-59)53(60-32-30-58(51)64-60)36-39-68(46(13)14,47(15)16)48(17)18/h19-23,26-33,40-48,62-63H,1-18H3. The van der Waals surface area contributed by atoms with Gasteiger partial charge in [-0.15, -0.1) is 16.6 Å². The van der Waals surface area contributed by atoms with Gasteiger partial charge in [-0.2, -0.15) is 0 Å². The summed E-state index contributed by atoms with van der Waals surface area (Å²) in [4.78, 5) is 18.7. The molecule has 0 saturated carbocycles. The number of nitrogens with zero attached hydrogens (tertiary/aromatic N) is 2. The van der Waals surface area contributed by atoms with E-state index in [1.165, 1.54) is 0 Å². The van der Waals surface area contributed by atoms with Gasteiger partial charge >= 0.3 is 0 Å². The van der Waals surface area contributed by atoms with Crippen molar-refractivity contribution in [2.75, 3.05) is 0 Å². The highest BCUT2D eigenvalue weighted by Crippen LogP contribution is 2.43. The highest BCUT2D eigenvalue weighted by molar-refractivity contribution is 6.91. The zero-order valence-electron chi connectivity index (χ0n) is 44.6. The molecule has 0 aliphatic carbocycles. The maximum atomic E-state index is 5.51. The van der Waals surface area contributed by atoms with Crippen molar-refractivity contribution < 1.29 is 0 Å². The number of hydrogen-bond donors (Lipinski definition) is 2. The predicted molar refractivity (Wildman–Crippen MR) is 305 cm³/mol. The Labute approximate surface area is 414 Å². The number of aromatic nitrogens is 4. The molecule has 0 saturated heterocycles. The fourth-order valence-corrected chi connectivity index (χ4v) is 27.8. The van der Waals surface area contributed by atoms with Crippen molar-refractivity contribution in [1.82, 2.24) is 19.9 Å². The molecule has 4 nitrogen and oxygen atoms in total. The Morgan fingerprint density at radius 3 is 0.912 bits per heavy atom. The lowest BCUT2D eigenvalue weighted by Gasteiger charge is -2.38. The average molecular weight is 952 g/mol. The van der Waals surface area contributed by atoms with Crippen molar-refractivity contribution >= 4 is 70.6 Å². The van der Waals surface area contributed by atoms with E-state index in [-0.39, 0.29) is 0 Å².